The Morgan fingerprint density at radius 1 is 1.47 bits per heavy atom. The van der Waals surface area contributed by atoms with Crippen molar-refractivity contribution in [3.63, 3.8) is 0 Å². The fourth-order valence-electron chi connectivity index (χ4n) is 1.33. The Morgan fingerprint density at radius 3 is 2.76 bits per heavy atom. The molecule has 1 rings (SSSR count). The van der Waals surface area contributed by atoms with E-state index in [0.717, 1.165) is 5.56 Å². The van der Waals surface area contributed by atoms with E-state index in [9.17, 15) is 4.79 Å². The summed E-state index contributed by atoms with van der Waals surface area (Å²) in [5.41, 5.74) is 0.908. The molecular weight excluding hydrogens is 216 g/mol. The molecule has 1 aromatic rings. The van der Waals surface area contributed by atoms with Crippen molar-refractivity contribution >= 4 is 5.91 Å². The number of carbonyl (C=O) groups is 1. The molecule has 0 saturated heterocycles. The van der Waals surface area contributed by atoms with Gasteiger partial charge in [0.25, 0.3) is 0 Å². The van der Waals surface area contributed by atoms with E-state index in [0.29, 0.717) is 18.2 Å². The summed E-state index contributed by atoms with van der Waals surface area (Å²) in [6, 6.07) is 3.79. The zero-order valence-electron chi connectivity index (χ0n) is 10.9. The van der Waals surface area contributed by atoms with E-state index in [4.69, 9.17) is 4.74 Å². The van der Waals surface area contributed by atoms with Gasteiger partial charge in [-0.05, 0) is 24.5 Å². The third-order valence-corrected chi connectivity index (χ3v) is 2.76. The van der Waals surface area contributed by atoms with E-state index in [1.165, 1.54) is 0 Å². The molecule has 0 radical (unpaired) electrons. The molecule has 1 amide bonds. The van der Waals surface area contributed by atoms with Gasteiger partial charge in [-0.3, -0.25) is 4.79 Å². The second kappa shape index (κ2) is 6.23. The van der Waals surface area contributed by atoms with Gasteiger partial charge in [-0.1, -0.05) is 13.8 Å². The lowest BCUT2D eigenvalue weighted by molar-refractivity contribution is -0.121. The van der Waals surface area contributed by atoms with Crippen molar-refractivity contribution in [3.8, 4) is 5.88 Å². The molecular formula is C13H20N2O2. The van der Waals surface area contributed by atoms with Crippen LogP contribution in [0.3, 0.4) is 0 Å². The Labute approximate surface area is 102 Å². The summed E-state index contributed by atoms with van der Waals surface area (Å²) in [5.74, 6) is 0.998. The molecule has 94 valence electrons. The van der Waals surface area contributed by atoms with Gasteiger partial charge in [-0.2, -0.15) is 0 Å². The maximum absolute atomic E-state index is 11.8. The number of carbonyl (C=O) groups excluding carboxylic acids is 1. The molecule has 1 heterocycles. The molecule has 4 nitrogen and oxygen atoms in total. The Balaban J connectivity index is 2.55. The van der Waals surface area contributed by atoms with Gasteiger partial charge in [-0.25, -0.2) is 4.98 Å². The summed E-state index contributed by atoms with van der Waals surface area (Å²) in [5, 5.41) is 2.97. The second-order valence-electron chi connectivity index (χ2n) is 4.48. The Morgan fingerprint density at radius 2 is 2.18 bits per heavy atom. The van der Waals surface area contributed by atoms with E-state index in [1.54, 1.807) is 19.4 Å². The van der Waals surface area contributed by atoms with Crippen LogP contribution in [0.15, 0.2) is 18.3 Å². The van der Waals surface area contributed by atoms with Gasteiger partial charge in [-0.15, -0.1) is 0 Å². The third kappa shape index (κ3) is 4.43. The Bertz CT molecular complexity index is 377. The van der Waals surface area contributed by atoms with Crippen LogP contribution in [0.5, 0.6) is 5.88 Å². The van der Waals surface area contributed by atoms with E-state index in [1.807, 2.05) is 13.0 Å². The van der Waals surface area contributed by atoms with Crippen molar-refractivity contribution in [2.24, 2.45) is 5.92 Å². The number of amides is 1. The minimum atomic E-state index is 0.0273. The molecule has 4 heteroatoms. The van der Waals surface area contributed by atoms with Gasteiger partial charge in [0.15, 0.2) is 0 Å². The first kappa shape index (κ1) is 13.5. The smallest absolute Gasteiger partial charge is 0.224 e. The van der Waals surface area contributed by atoms with E-state index in [2.05, 4.69) is 24.1 Å². The number of rotatable bonds is 5. The van der Waals surface area contributed by atoms with Crippen LogP contribution in [0, 0.1) is 5.92 Å². The molecule has 0 fully saturated rings. The van der Waals surface area contributed by atoms with Crippen molar-refractivity contribution in [2.45, 2.75) is 33.2 Å². The predicted molar refractivity (Wildman–Crippen MR) is 66.9 cm³/mol. The first-order chi connectivity index (χ1) is 8.02. The van der Waals surface area contributed by atoms with Crippen LogP contribution in [0.2, 0.25) is 0 Å². The van der Waals surface area contributed by atoms with Gasteiger partial charge in [0.05, 0.1) is 13.5 Å². The minimum absolute atomic E-state index is 0.0273. The summed E-state index contributed by atoms with van der Waals surface area (Å²) in [4.78, 5) is 15.8. The fraction of sp³-hybridized carbons (Fsp3) is 0.538. The molecule has 0 aliphatic heterocycles. The summed E-state index contributed by atoms with van der Waals surface area (Å²) >= 11 is 0. The molecule has 0 saturated carbocycles. The van der Waals surface area contributed by atoms with Gasteiger partial charge in [0, 0.05) is 18.3 Å². The van der Waals surface area contributed by atoms with Crippen molar-refractivity contribution in [3.05, 3.63) is 23.9 Å². The molecule has 0 bridgehead atoms. The maximum Gasteiger partial charge on any atom is 0.224 e. The van der Waals surface area contributed by atoms with Crippen LogP contribution in [0.25, 0.3) is 0 Å². The lowest BCUT2D eigenvalue weighted by Crippen LogP contribution is -2.37. The number of nitrogens with zero attached hydrogens (tertiary/aromatic N) is 1. The fourth-order valence-corrected chi connectivity index (χ4v) is 1.33. The number of nitrogens with one attached hydrogen (secondary N) is 1. The minimum Gasteiger partial charge on any atom is -0.481 e. The molecule has 1 aromatic heterocycles. The molecule has 17 heavy (non-hydrogen) atoms. The van der Waals surface area contributed by atoms with Crippen LogP contribution in [0.1, 0.15) is 26.3 Å². The van der Waals surface area contributed by atoms with Crippen LogP contribution in [-0.4, -0.2) is 24.0 Å². The summed E-state index contributed by atoms with van der Waals surface area (Å²) in [6.07, 6.45) is 2.00. The highest BCUT2D eigenvalue weighted by Crippen LogP contribution is 2.09. The SMILES string of the molecule is COc1cc(CC(=O)NC(C)C(C)C)ccn1. The van der Waals surface area contributed by atoms with Crippen LogP contribution >= 0.6 is 0 Å². The molecule has 1 unspecified atom stereocenters. The van der Waals surface area contributed by atoms with Gasteiger partial charge < -0.3 is 10.1 Å². The summed E-state index contributed by atoms with van der Waals surface area (Å²) in [6.45, 7) is 6.18. The highest BCUT2D eigenvalue weighted by atomic mass is 16.5. The van der Waals surface area contributed by atoms with E-state index in [-0.39, 0.29) is 11.9 Å². The lowest BCUT2D eigenvalue weighted by Gasteiger charge is -2.17. The van der Waals surface area contributed by atoms with Crippen molar-refractivity contribution in [2.75, 3.05) is 7.11 Å². The van der Waals surface area contributed by atoms with Crippen LogP contribution in [0.4, 0.5) is 0 Å². The Hall–Kier alpha value is -1.58. The number of ether oxygens (including phenoxy) is 1. The molecule has 1 atom stereocenters. The number of hydrogen-bond donors (Lipinski definition) is 1. The van der Waals surface area contributed by atoms with Gasteiger partial charge in [0.1, 0.15) is 0 Å². The van der Waals surface area contributed by atoms with Crippen LogP contribution < -0.4 is 10.1 Å². The van der Waals surface area contributed by atoms with Gasteiger partial charge in [0.2, 0.25) is 11.8 Å². The zero-order valence-corrected chi connectivity index (χ0v) is 10.9. The second-order valence-corrected chi connectivity index (χ2v) is 4.48. The summed E-state index contributed by atoms with van der Waals surface area (Å²) in [7, 11) is 1.56. The van der Waals surface area contributed by atoms with Crippen LogP contribution in [-0.2, 0) is 11.2 Å². The van der Waals surface area contributed by atoms with Crippen molar-refractivity contribution in [1.29, 1.82) is 0 Å². The average Bonchev–Trinajstić information content (AvgIpc) is 2.28. The predicted octanol–water partition coefficient (Wildman–Crippen LogP) is 1.79. The maximum atomic E-state index is 11.8. The standard InChI is InChI=1S/C13H20N2O2/c1-9(2)10(3)15-12(16)7-11-5-6-14-13(8-11)17-4/h5-6,8-10H,7H2,1-4H3,(H,15,16). The number of hydrogen-bond acceptors (Lipinski definition) is 3. The molecule has 0 aliphatic carbocycles. The average molecular weight is 236 g/mol. The molecule has 0 aromatic carbocycles. The van der Waals surface area contributed by atoms with Gasteiger partial charge >= 0.3 is 0 Å². The quantitative estimate of drug-likeness (QED) is 0.848. The third-order valence-electron chi connectivity index (χ3n) is 2.76. The highest BCUT2D eigenvalue weighted by molar-refractivity contribution is 5.78. The summed E-state index contributed by atoms with van der Waals surface area (Å²) < 4.78 is 5.01. The number of methoxy groups -OCH3 is 1. The van der Waals surface area contributed by atoms with E-state index < -0.39 is 0 Å². The van der Waals surface area contributed by atoms with Crippen molar-refractivity contribution in [1.82, 2.24) is 10.3 Å². The zero-order chi connectivity index (χ0) is 12.8. The molecule has 0 aliphatic rings. The Kier molecular flexibility index (Phi) is 4.94. The monoisotopic (exact) mass is 236 g/mol. The highest BCUT2D eigenvalue weighted by Gasteiger charge is 2.11. The number of pyridine rings is 1. The molecule has 1 N–H and O–H groups in total. The van der Waals surface area contributed by atoms with E-state index >= 15 is 0 Å². The topological polar surface area (TPSA) is 51.2 Å². The first-order valence-corrected chi connectivity index (χ1v) is 5.81. The largest absolute Gasteiger partial charge is 0.481 e. The number of aromatic nitrogens is 1. The first-order valence-electron chi connectivity index (χ1n) is 5.81. The normalized spacial score (nSPS) is 12.3. The molecule has 0 spiro atoms. The lowest BCUT2D eigenvalue weighted by atomic mass is 10.1. The van der Waals surface area contributed by atoms with Crippen molar-refractivity contribution < 1.29 is 9.53 Å².